The van der Waals surface area contributed by atoms with Gasteiger partial charge >= 0.3 is 0 Å². The summed E-state index contributed by atoms with van der Waals surface area (Å²) in [5, 5.41) is 15.7. The largest absolute Gasteiger partial charge is 0.355 e. The van der Waals surface area contributed by atoms with Crippen LogP contribution in [0.1, 0.15) is 23.2 Å². The second-order valence-electron chi connectivity index (χ2n) is 9.36. The molecule has 9 nitrogen and oxygen atoms in total. The number of rotatable bonds is 4. The van der Waals surface area contributed by atoms with Crippen molar-refractivity contribution in [3.63, 3.8) is 0 Å². The Labute approximate surface area is 197 Å². The van der Waals surface area contributed by atoms with Crippen molar-refractivity contribution in [3.8, 4) is 11.3 Å². The summed E-state index contributed by atoms with van der Waals surface area (Å²) in [5.41, 5.74) is 3.75. The molecule has 172 valence electrons. The zero-order valence-electron chi connectivity index (χ0n) is 19.0. The van der Waals surface area contributed by atoms with Crippen molar-refractivity contribution in [1.82, 2.24) is 30.0 Å². The van der Waals surface area contributed by atoms with E-state index in [1.165, 1.54) is 12.8 Å². The Balaban J connectivity index is 1.19. The number of carbonyl (C=O) groups excluding carboxylic acids is 1. The van der Waals surface area contributed by atoms with Crippen molar-refractivity contribution in [1.29, 1.82) is 0 Å². The van der Waals surface area contributed by atoms with Crippen LogP contribution >= 0.6 is 0 Å². The van der Waals surface area contributed by atoms with Crippen molar-refractivity contribution in [2.24, 2.45) is 12.5 Å². The number of piperidine rings is 1. The van der Waals surface area contributed by atoms with Crippen LogP contribution in [-0.4, -0.2) is 56.8 Å². The normalized spacial score (nSPS) is 17.0. The molecule has 0 radical (unpaired) electrons. The molecule has 2 fully saturated rings. The number of nitrogens with one attached hydrogen (secondary N) is 2. The zero-order chi connectivity index (χ0) is 23.1. The molecule has 2 aliphatic heterocycles. The third-order valence-electron chi connectivity index (χ3n) is 6.99. The van der Waals surface area contributed by atoms with E-state index in [4.69, 9.17) is 0 Å². The van der Waals surface area contributed by atoms with Gasteiger partial charge in [-0.15, -0.1) is 10.2 Å². The summed E-state index contributed by atoms with van der Waals surface area (Å²) in [6.07, 6.45) is 7.69. The van der Waals surface area contributed by atoms with Crippen LogP contribution in [0.15, 0.2) is 55.1 Å². The quantitative estimate of drug-likeness (QED) is 0.489. The molecule has 6 rings (SSSR count). The van der Waals surface area contributed by atoms with Crippen LogP contribution in [0.5, 0.6) is 0 Å². The number of fused-ring (bicyclic) bond motifs is 1. The number of benzene rings is 1. The number of carbonyl (C=O) groups is 1. The summed E-state index contributed by atoms with van der Waals surface area (Å²) in [4.78, 5) is 23.9. The minimum atomic E-state index is -0.225. The fourth-order valence-electron chi connectivity index (χ4n) is 5.02. The maximum Gasteiger partial charge on any atom is 0.257 e. The van der Waals surface area contributed by atoms with Gasteiger partial charge in [-0.1, -0.05) is 6.07 Å². The highest BCUT2D eigenvalue weighted by Gasteiger charge is 2.43. The van der Waals surface area contributed by atoms with Crippen LogP contribution in [0.2, 0.25) is 0 Å². The lowest BCUT2D eigenvalue weighted by atomic mass is 9.72. The second kappa shape index (κ2) is 8.18. The van der Waals surface area contributed by atoms with Gasteiger partial charge in [0.15, 0.2) is 5.82 Å². The summed E-state index contributed by atoms with van der Waals surface area (Å²) in [6, 6.07) is 11.4. The van der Waals surface area contributed by atoms with Crippen LogP contribution in [0.4, 0.5) is 11.6 Å². The number of imidazole rings is 1. The molecule has 0 atom stereocenters. The number of pyridine rings is 1. The van der Waals surface area contributed by atoms with Crippen molar-refractivity contribution in [2.45, 2.75) is 12.8 Å². The van der Waals surface area contributed by atoms with Gasteiger partial charge < -0.3 is 20.1 Å². The van der Waals surface area contributed by atoms with Gasteiger partial charge in [0.1, 0.15) is 5.82 Å². The van der Waals surface area contributed by atoms with E-state index in [2.05, 4.69) is 35.7 Å². The van der Waals surface area contributed by atoms with E-state index in [1.54, 1.807) is 18.6 Å². The van der Waals surface area contributed by atoms with Crippen molar-refractivity contribution >= 4 is 28.4 Å². The molecule has 9 heteroatoms. The molecule has 2 saturated heterocycles. The average molecular weight is 455 g/mol. The first-order chi connectivity index (χ1) is 16.6. The molecule has 1 aromatic carbocycles. The molecule has 0 unspecified atom stereocenters. The Kier molecular flexibility index (Phi) is 4.99. The summed E-state index contributed by atoms with van der Waals surface area (Å²) in [7, 11) is 1.96. The minimum absolute atomic E-state index is 0.225. The Hall–Kier alpha value is -3.85. The molecule has 0 bridgehead atoms. The number of nitrogens with zero attached hydrogens (tertiary/aromatic N) is 6. The summed E-state index contributed by atoms with van der Waals surface area (Å²) in [6.45, 7) is 4.17. The summed E-state index contributed by atoms with van der Waals surface area (Å²) >= 11 is 0. The van der Waals surface area contributed by atoms with E-state index in [1.807, 2.05) is 48.1 Å². The average Bonchev–Trinajstić information content (AvgIpc) is 3.28. The third kappa shape index (κ3) is 3.77. The maximum absolute atomic E-state index is 13.0. The van der Waals surface area contributed by atoms with E-state index in [-0.39, 0.29) is 5.91 Å². The van der Waals surface area contributed by atoms with Crippen LogP contribution in [0, 0.1) is 5.41 Å². The Morgan fingerprint density at radius 2 is 1.94 bits per heavy atom. The summed E-state index contributed by atoms with van der Waals surface area (Å²) < 4.78 is 1.96. The lowest BCUT2D eigenvalue weighted by molar-refractivity contribution is 0.102. The van der Waals surface area contributed by atoms with Crippen molar-refractivity contribution in [2.75, 3.05) is 36.4 Å². The zero-order valence-corrected chi connectivity index (χ0v) is 19.0. The van der Waals surface area contributed by atoms with Crippen LogP contribution in [-0.2, 0) is 7.05 Å². The molecule has 0 saturated carbocycles. The predicted molar refractivity (Wildman–Crippen MR) is 131 cm³/mol. The molecule has 1 amide bonds. The fourth-order valence-corrected chi connectivity index (χ4v) is 5.02. The van der Waals surface area contributed by atoms with Crippen LogP contribution in [0.25, 0.3) is 22.2 Å². The summed E-state index contributed by atoms with van der Waals surface area (Å²) in [5.74, 6) is 1.04. The highest BCUT2D eigenvalue weighted by Crippen LogP contribution is 2.40. The lowest BCUT2D eigenvalue weighted by Gasteiger charge is -2.53. The molecule has 34 heavy (non-hydrogen) atoms. The molecular formula is C25H26N8O. The smallest absolute Gasteiger partial charge is 0.257 e. The maximum atomic E-state index is 13.0. The molecule has 1 spiro atoms. The minimum Gasteiger partial charge on any atom is -0.355 e. The van der Waals surface area contributed by atoms with E-state index in [0.717, 1.165) is 54.2 Å². The molecule has 3 aromatic heterocycles. The fraction of sp³-hybridized carbons (Fsp3) is 0.320. The Morgan fingerprint density at radius 3 is 2.74 bits per heavy atom. The molecule has 2 aliphatic rings. The molecule has 2 N–H and O–H groups in total. The lowest BCUT2D eigenvalue weighted by Crippen LogP contribution is -2.60. The van der Waals surface area contributed by atoms with Gasteiger partial charge in [0, 0.05) is 48.3 Å². The Bertz CT molecular complexity index is 1370. The van der Waals surface area contributed by atoms with Crippen LogP contribution < -0.4 is 15.5 Å². The van der Waals surface area contributed by atoms with Gasteiger partial charge in [-0.05, 0) is 56.3 Å². The molecule has 0 aliphatic carbocycles. The number of amides is 1. The van der Waals surface area contributed by atoms with E-state index < -0.39 is 0 Å². The first-order valence-corrected chi connectivity index (χ1v) is 11.6. The molecule has 4 aromatic rings. The van der Waals surface area contributed by atoms with E-state index >= 15 is 0 Å². The second-order valence-corrected chi connectivity index (χ2v) is 9.36. The molecule has 5 heterocycles. The number of aromatic nitrogens is 5. The molecular weight excluding hydrogens is 428 g/mol. The number of anilines is 2. The predicted octanol–water partition coefficient (Wildman–Crippen LogP) is 2.87. The monoisotopic (exact) mass is 454 g/mol. The van der Waals surface area contributed by atoms with Gasteiger partial charge in [0.2, 0.25) is 0 Å². The highest BCUT2D eigenvalue weighted by molar-refractivity contribution is 6.04. The van der Waals surface area contributed by atoms with Crippen LogP contribution in [0.3, 0.4) is 0 Å². The van der Waals surface area contributed by atoms with E-state index in [9.17, 15) is 4.79 Å². The number of aryl methyl sites for hydroxylation is 1. The van der Waals surface area contributed by atoms with Gasteiger partial charge in [-0.25, -0.2) is 9.97 Å². The third-order valence-corrected chi connectivity index (χ3v) is 6.99. The van der Waals surface area contributed by atoms with Gasteiger partial charge in [0.25, 0.3) is 5.91 Å². The van der Waals surface area contributed by atoms with E-state index in [0.29, 0.717) is 16.8 Å². The van der Waals surface area contributed by atoms with Gasteiger partial charge in [-0.2, -0.15) is 0 Å². The van der Waals surface area contributed by atoms with Crippen molar-refractivity contribution < 1.29 is 4.79 Å². The van der Waals surface area contributed by atoms with Crippen molar-refractivity contribution in [3.05, 3.63) is 60.7 Å². The standard InChI is InChI=1S/C25H26N8O/c1-32-16-27-13-21(32)17-2-3-20-19(10-17)11-22(31-30-20)29-24(34)18-4-7-28-23(12-18)33-14-25(15-33)5-8-26-9-6-25/h2-4,7,10-13,16,26H,5-6,8-9,14-15H2,1H3,(H,29,31,34). The first kappa shape index (κ1) is 20.7. The SMILES string of the molecule is Cn1cncc1-c1ccc2nnc(NC(=O)c3ccnc(N4CC5(CCNCC5)C4)c3)cc2c1. The number of hydrogen-bond donors (Lipinski definition) is 2. The highest BCUT2D eigenvalue weighted by atomic mass is 16.1. The van der Waals surface area contributed by atoms with Gasteiger partial charge in [-0.3, -0.25) is 4.79 Å². The first-order valence-electron chi connectivity index (χ1n) is 11.6. The number of hydrogen-bond acceptors (Lipinski definition) is 7. The van der Waals surface area contributed by atoms with Gasteiger partial charge in [0.05, 0.1) is 23.7 Å². The Morgan fingerprint density at radius 1 is 1.09 bits per heavy atom. The topological polar surface area (TPSA) is 101 Å².